The first-order valence-corrected chi connectivity index (χ1v) is 12.6. The summed E-state index contributed by atoms with van der Waals surface area (Å²) in [4.78, 5) is 66.0. The average molecular weight is 524 g/mol. The highest BCUT2D eigenvalue weighted by molar-refractivity contribution is 6.08. The Morgan fingerprint density at radius 2 is 1.84 bits per heavy atom. The molecule has 0 aromatic heterocycles. The minimum absolute atomic E-state index is 0. The number of carbonyl (C=O) groups is 5. The largest absolute Gasteiger partial charge is 0.478 e. The summed E-state index contributed by atoms with van der Waals surface area (Å²) in [5.74, 6) is -1.01. The third kappa shape index (κ3) is 4.55. The molecule has 11 heteroatoms. The first-order chi connectivity index (χ1) is 18.2. The fourth-order valence-electron chi connectivity index (χ4n) is 5.31. The standard InChI is InChI=1S/C27H29N5O6.2H2/c1-3-31(4-2)23(34)12-21-24(35)32(19-7-5-6-8-20(19)38-21)15-22(33)28-18-10-9-16-13-27(14-17(16)11-18)25(36)29-26(37)30-27;;/h5-11,21H,3-4,12-15H2,1-2H3,(H,28,33)(H2,29,30,36,37);2*1H. The molecule has 3 aliphatic rings. The number of hydrogen-bond donors (Lipinski definition) is 3. The van der Waals surface area contributed by atoms with Crippen molar-refractivity contribution in [1.29, 1.82) is 0 Å². The van der Waals surface area contributed by atoms with Crippen molar-refractivity contribution in [2.75, 3.05) is 29.9 Å². The van der Waals surface area contributed by atoms with E-state index in [1.54, 1.807) is 41.3 Å². The molecule has 6 amide bonds. The monoisotopic (exact) mass is 523 g/mol. The van der Waals surface area contributed by atoms with Crippen LogP contribution in [0.1, 0.15) is 34.2 Å². The molecule has 3 N–H and O–H groups in total. The number of carbonyl (C=O) groups excluding carboxylic acids is 5. The molecular formula is C27H33N5O6. The summed E-state index contributed by atoms with van der Waals surface area (Å²) in [5, 5.41) is 7.83. The van der Waals surface area contributed by atoms with E-state index in [1.165, 1.54) is 4.90 Å². The predicted octanol–water partition coefficient (Wildman–Crippen LogP) is 1.85. The summed E-state index contributed by atoms with van der Waals surface area (Å²) in [6.45, 7) is 4.52. The number of amides is 6. The molecule has 2 heterocycles. The summed E-state index contributed by atoms with van der Waals surface area (Å²) in [6.07, 6.45) is -0.458. The topological polar surface area (TPSA) is 137 Å². The normalized spacial score (nSPS) is 21.4. The molecule has 202 valence electrons. The number of nitrogens with zero attached hydrogens (tertiary/aromatic N) is 2. The predicted molar refractivity (Wildman–Crippen MR) is 142 cm³/mol. The fraction of sp³-hybridized carbons (Fsp3) is 0.370. The zero-order valence-corrected chi connectivity index (χ0v) is 21.2. The van der Waals surface area contributed by atoms with Crippen LogP contribution in [0, 0.1) is 0 Å². The van der Waals surface area contributed by atoms with Gasteiger partial charge in [0.05, 0.1) is 12.1 Å². The second-order valence-electron chi connectivity index (χ2n) is 9.64. The lowest BCUT2D eigenvalue weighted by Gasteiger charge is -2.34. The van der Waals surface area contributed by atoms with Crippen LogP contribution in [0.25, 0.3) is 0 Å². The number of benzene rings is 2. The second-order valence-corrected chi connectivity index (χ2v) is 9.64. The maximum atomic E-state index is 13.3. The van der Waals surface area contributed by atoms with Crippen molar-refractivity contribution >= 4 is 41.0 Å². The van der Waals surface area contributed by atoms with E-state index in [2.05, 4.69) is 16.0 Å². The summed E-state index contributed by atoms with van der Waals surface area (Å²) < 4.78 is 5.86. The zero-order valence-electron chi connectivity index (χ0n) is 21.2. The van der Waals surface area contributed by atoms with Gasteiger partial charge in [-0.3, -0.25) is 29.4 Å². The van der Waals surface area contributed by atoms with Gasteiger partial charge in [0.25, 0.3) is 11.8 Å². The summed E-state index contributed by atoms with van der Waals surface area (Å²) in [6, 6.07) is 11.7. The van der Waals surface area contributed by atoms with Crippen LogP contribution in [0.5, 0.6) is 5.75 Å². The Morgan fingerprint density at radius 3 is 2.55 bits per heavy atom. The van der Waals surface area contributed by atoms with Crippen molar-refractivity contribution < 1.29 is 31.6 Å². The molecule has 2 aromatic carbocycles. The highest BCUT2D eigenvalue weighted by Crippen LogP contribution is 2.36. The van der Waals surface area contributed by atoms with Gasteiger partial charge in [0.2, 0.25) is 11.8 Å². The molecule has 2 atom stereocenters. The molecule has 0 saturated carbocycles. The summed E-state index contributed by atoms with van der Waals surface area (Å²) >= 11 is 0. The SMILES string of the molecule is CCN(CC)C(=O)CC1Oc2ccccc2N(CC(=O)Nc2ccc3c(c2)CC2(C3)NC(=O)NC2=O)C1=O.[HH].[HH]. The minimum atomic E-state index is -1.03. The third-order valence-corrected chi connectivity index (χ3v) is 7.23. The smallest absolute Gasteiger partial charge is 0.322 e. The van der Waals surface area contributed by atoms with Gasteiger partial charge in [-0.1, -0.05) is 18.2 Å². The molecule has 2 aliphatic heterocycles. The van der Waals surface area contributed by atoms with Crippen molar-refractivity contribution in [3.05, 3.63) is 53.6 Å². The summed E-state index contributed by atoms with van der Waals surface area (Å²) in [5.41, 5.74) is 1.74. The highest BCUT2D eigenvalue weighted by atomic mass is 16.5. The van der Waals surface area contributed by atoms with Crippen molar-refractivity contribution in [3.63, 3.8) is 0 Å². The average Bonchev–Trinajstić information content (AvgIpc) is 3.38. The van der Waals surface area contributed by atoms with E-state index >= 15 is 0 Å². The number of hydrogen-bond acceptors (Lipinski definition) is 6. The van der Waals surface area contributed by atoms with Crippen LogP contribution < -0.4 is 25.6 Å². The number of rotatable bonds is 7. The molecule has 1 saturated heterocycles. The van der Waals surface area contributed by atoms with Crippen LogP contribution in [0.3, 0.4) is 0 Å². The third-order valence-electron chi connectivity index (χ3n) is 7.23. The van der Waals surface area contributed by atoms with Gasteiger partial charge in [0, 0.05) is 34.5 Å². The quantitative estimate of drug-likeness (QED) is 0.474. The van der Waals surface area contributed by atoms with Gasteiger partial charge in [-0.25, -0.2) is 4.79 Å². The Bertz CT molecular complexity index is 1350. The Balaban J connectivity index is 0.00000220. The number of nitrogens with one attached hydrogen (secondary N) is 3. The lowest BCUT2D eigenvalue weighted by molar-refractivity contribution is -0.138. The van der Waals surface area contributed by atoms with Crippen LogP contribution in [0.2, 0.25) is 0 Å². The Labute approximate surface area is 222 Å². The fourth-order valence-corrected chi connectivity index (χ4v) is 5.31. The van der Waals surface area contributed by atoms with Gasteiger partial charge in [-0.2, -0.15) is 0 Å². The van der Waals surface area contributed by atoms with Gasteiger partial charge in [-0.15, -0.1) is 0 Å². The molecule has 0 radical (unpaired) electrons. The van der Waals surface area contributed by atoms with E-state index in [0.29, 0.717) is 43.1 Å². The number of anilines is 2. The molecule has 1 spiro atoms. The van der Waals surface area contributed by atoms with Gasteiger partial charge < -0.3 is 20.3 Å². The van der Waals surface area contributed by atoms with Gasteiger partial charge in [0.15, 0.2) is 6.10 Å². The van der Waals surface area contributed by atoms with E-state index < -0.39 is 29.5 Å². The van der Waals surface area contributed by atoms with Crippen molar-refractivity contribution in [2.45, 2.75) is 44.8 Å². The molecule has 2 unspecified atom stereocenters. The Hall–Kier alpha value is -4.41. The van der Waals surface area contributed by atoms with E-state index in [-0.39, 0.29) is 27.6 Å². The molecule has 1 aliphatic carbocycles. The van der Waals surface area contributed by atoms with Crippen LogP contribution in [0.15, 0.2) is 42.5 Å². The van der Waals surface area contributed by atoms with Crippen LogP contribution in [-0.2, 0) is 32.0 Å². The van der Waals surface area contributed by atoms with Crippen LogP contribution in [-0.4, -0.2) is 65.8 Å². The van der Waals surface area contributed by atoms with Gasteiger partial charge in [0.1, 0.15) is 17.8 Å². The van der Waals surface area contributed by atoms with Gasteiger partial charge >= 0.3 is 6.03 Å². The number of ether oxygens (including phenoxy) is 1. The van der Waals surface area contributed by atoms with Gasteiger partial charge in [-0.05, 0) is 49.2 Å². The number of fused-ring (bicyclic) bond motifs is 2. The lowest BCUT2D eigenvalue weighted by atomic mass is 9.96. The highest BCUT2D eigenvalue weighted by Gasteiger charge is 2.50. The van der Waals surface area contributed by atoms with Crippen molar-refractivity contribution in [2.24, 2.45) is 0 Å². The lowest BCUT2D eigenvalue weighted by Crippen LogP contribution is -2.50. The molecule has 2 aromatic rings. The van der Waals surface area contributed by atoms with Crippen LogP contribution >= 0.6 is 0 Å². The Kier molecular flexibility index (Phi) is 6.52. The molecule has 5 rings (SSSR count). The maximum absolute atomic E-state index is 13.3. The van der Waals surface area contributed by atoms with E-state index in [4.69, 9.17) is 4.74 Å². The Morgan fingerprint density at radius 1 is 1.11 bits per heavy atom. The number of imide groups is 1. The zero-order chi connectivity index (χ0) is 27.0. The molecule has 0 bridgehead atoms. The van der Waals surface area contributed by atoms with Crippen molar-refractivity contribution in [1.82, 2.24) is 15.5 Å². The minimum Gasteiger partial charge on any atom is -0.478 e. The van der Waals surface area contributed by atoms with Crippen molar-refractivity contribution in [3.8, 4) is 5.75 Å². The maximum Gasteiger partial charge on any atom is 0.322 e. The molecule has 11 nitrogen and oxygen atoms in total. The summed E-state index contributed by atoms with van der Waals surface area (Å²) in [7, 11) is 0. The number of para-hydroxylation sites is 2. The molecule has 38 heavy (non-hydrogen) atoms. The molecular weight excluding hydrogens is 490 g/mol. The first-order valence-electron chi connectivity index (χ1n) is 12.6. The second kappa shape index (κ2) is 9.81. The van der Waals surface area contributed by atoms with E-state index in [9.17, 15) is 24.0 Å². The van der Waals surface area contributed by atoms with E-state index in [0.717, 1.165) is 11.1 Å². The first kappa shape index (κ1) is 25.2. The van der Waals surface area contributed by atoms with E-state index in [1.807, 2.05) is 19.9 Å². The molecule has 1 fully saturated rings. The van der Waals surface area contributed by atoms with Crippen LogP contribution in [0.4, 0.5) is 16.2 Å². The number of urea groups is 1.